The van der Waals surface area contributed by atoms with Crippen LogP contribution in [0.5, 0.6) is 5.75 Å². The molecular formula is C16H24O3. The van der Waals surface area contributed by atoms with Crippen LogP contribution < -0.4 is 4.89 Å². The van der Waals surface area contributed by atoms with Crippen molar-refractivity contribution in [2.24, 2.45) is 5.92 Å². The number of hydrogen-bond donors (Lipinski definition) is 0. The summed E-state index contributed by atoms with van der Waals surface area (Å²) in [4.78, 5) is 21.8. The average molecular weight is 264 g/mol. The largest absolute Gasteiger partial charge is 0.358 e. The molecule has 0 heterocycles. The van der Waals surface area contributed by atoms with Crippen LogP contribution in [0.25, 0.3) is 0 Å². The van der Waals surface area contributed by atoms with Crippen LogP contribution in [0.15, 0.2) is 30.3 Å². The van der Waals surface area contributed by atoms with Gasteiger partial charge in [0.25, 0.3) is 0 Å². The first kappa shape index (κ1) is 15.5. The Bertz CT molecular complexity index is 348. The van der Waals surface area contributed by atoms with Gasteiger partial charge in [0.15, 0.2) is 5.75 Å². The third-order valence-electron chi connectivity index (χ3n) is 3.20. The summed E-state index contributed by atoms with van der Waals surface area (Å²) < 4.78 is 0. The van der Waals surface area contributed by atoms with Gasteiger partial charge in [-0.05, 0) is 25.0 Å². The average Bonchev–Trinajstić information content (AvgIpc) is 2.46. The highest BCUT2D eigenvalue weighted by Crippen LogP contribution is 2.17. The minimum atomic E-state index is -0.261. The predicted molar refractivity (Wildman–Crippen MR) is 75.7 cm³/mol. The maximum atomic E-state index is 11.9. The molecule has 0 saturated carbocycles. The van der Waals surface area contributed by atoms with E-state index in [-0.39, 0.29) is 11.9 Å². The predicted octanol–water partition coefficient (Wildman–Crippen LogP) is 4.52. The minimum Gasteiger partial charge on any atom is -0.287 e. The number of benzene rings is 1. The standard InChI is InChI=1S/C16H24O3/c1-3-5-6-8-11-14(4-2)16(17)19-18-15-12-9-7-10-13-15/h7,9-10,12-14H,3-6,8,11H2,1-2H3. The van der Waals surface area contributed by atoms with Crippen LogP contribution in [0.4, 0.5) is 0 Å². The zero-order valence-corrected chi connectivity index (χ0v) is 11.9. The van der Waals surface area contributed by atoms with Crippen molar-refractivity contribution < 1.29 is 14.6 Å². The summed E-state index contributed by atoms with van der Waals surface area (Å²) in [6, 6.07) is 9.08. The van der Waals surface area contributed by atoms with Gasteiger partial charge in [-0.2, -0.15) is 0 Å². The van der Waals surface area contributed by atoms with E-state index in [4.69, 9.17) is 9.78 Å². The Morgan fingerprint density at radius 1 is 1.11 bits per heavy atom. The summed E-state index contributed by atoms with van der Waals surface area (Å²) >= 11 is 0. The zero-order chi connectivity index (χ0) is 13.9. The third-order valence-corrected chi connectivity index (χ3v) is 3.20. The lowest BCUT2D eigenvalue weighted by Crippen LogP contribution is -2.19. The second kappa shape index (κ2) is 9.42. The molecule has 0 spiro atoms. The van der Waals surface area contributed by atoms with Crippen LogP contribution in [-0.2, 0) is 9.68 Å². The van der Waals surface area contributed by atoms with Crippen molar-refractivity contribution in [3.05, 3.63) is 30.3 Å². The van der Waals surface area contributed by atoms with E-state index in [1.54, 1.807) is 12.1 Å². The van der Waals surface area contributed by atoms with E-state index in [2.05, 4.69) is 6.92 Å². The molecule has 1 aromatic rings. The van der Waals surface area contributed by atoms with E-state index < -0.39 is 0 Å². The van der Waals surface area contributed by atoms with Crippen molar-refractivity contribution in [2.75, 3.05) is 0 Å². The smallest absolute Gasteiger partial charge is 0.287 e. The molecular weight excluding hydrogens is 240 g/mol. The van der Waals surface area contributed by atoms with E-state index in [1.807, 2.05) is 25.1 Å². The summed E-state index contributed by atoms with van der Waals surface area (Å²) in [6.07, 6.45) is 6.37. The molecule has 0 bridgehead atoms. The molecule has 0 amide bonds. The molecule has 0 aromatic heterocycles. The second-order valence-corrected chi connectivity index (χ2v) is 4.75. The Labute approximate surface area is 115 Å². The van der Waals surface area contributed by atoms with Gasteiger partial charge in [0, 0.05) is 0 Å². The molecule has 0 fully saturated rings. The van der Waals surface area contributed by atoms with Crippen LogP contribution in [0.3, 0.4) is 0 Å². The SMILES string of the molecule is CCCCCCC(CC)C(=O)OOc1ccccc1. The van der Waals surface area contributed by atoms with Crippen molar-refractivity contribution in [3.63, 3.8) is 0 Å². The second-order valence-electron chi connectivity index (χ2n) is 4.75. The molecule has 0 N–H and O–H groups in total. The fourth-order valence-corrected chi connectivity index (χ4v) is 1.94. The number of para-hydroxylation sites is 1. The van der Waals surface area contributed by atoms with Crippen LogP contribution >= 0.6 is 0 Å². The van der Waals surface area contributed by atoms with E-state index >= 15 is 0 Å². The summed E-state index contributed by atoms with van der Waals surface area (Å²) in [5.41, 5.74) is 0. The summed E-state index contributed by atoms with van der Waals surface area (Å²) in [6.45, 7) is 4.19. The lowest BCUT2D eigenvalue weighted by Gasteiger charge is -2.12. The molecule has 0 radical (unpaired) electrons. The highest BCUT2D eigenvalue weighted by atomic mass is 17.2. The Morgan fingerprint density at radius 2 is 1.84 bits per heavy atom. The minimum absolute atomic E-state index is 0.0550. The Hall–Kier alpha value is -1.51. The van der Waals surface area contributed by atoms with Gasteiger partial charge in [0.1, 0.15) is 0 Å². The zero-order valence-electron chi connectivity index (χ0n) is 11.9. The molecule has 1 unspecified atom stereocenters. The number of hydrogen-bond acceptors (Lipinski definition) is 3. The molecule has 0 aliphatic carbocycles. The first-order chi connectivity index (χ1) is 9.27. The molecule has 0 aliphatic rings. The van der Waals surface area contributed by atoms with Gasteiger partial charge >= 0.3 is 5.97 Å². The first-order valence-corrected chi connectivity index (χ1v) is 7.21. The molecule has 1 atom stereocenters. The van der Waals surface area contributed by atoms with Gasteiger partial charge in [-0.1, -0.05) is 57.7 Å². The normalized spacial score (nSPS) is 11.9. The van der Waals surface area contributed by atoms with Crippen LogP contribution in [0.1, 0.15) is 52.4 Å². The van der Waals surface area contributed by atoms with Gasteiger partial charge < -0.3 is 0 Å². The first-order valence-electron chi connectivity index (χ1n) is 7.21. The molecule has 19 heavy (non-hydrogen) atoms. The van der Waals surface area contributed by atoms with Gasteiger partial charge in [-0.25, -0.2) is 4.79 Å². The molecule has 1 aromatic carbocycles. The number of carbonyl (C=O) groups is 1. The lowest BCUT2D eigenvalue weighted by atomic mass is 9.98. The molecule has 106 valence electrons. The number of carbonyl (C=O) groups excluding carboxylic acids is 1. The molecule has 3 nitrogen and oxygen atoms in total. The third kappa shape index (κ3) is 6.27. The monoisotopic (exact) mass is 264 g/mol. The van der Waals surface area contributed by atoms with Crippen molar-refractivity contribution in [1.29, 1.82) is 0 Å². The molecule has 0 saturated heterocycles. The number of unbranched alkanes of at least 4 members (excludes halogenated alkanes) is 3. The fourth-order valence-electron chi connectivity index (χ4n) is 1.94. The summed E-state index contributed by atoms with van der Waals surface area (Å²) in [7, 11) is 0. The Morgan fingerprint density at radius 3 is 2.47 bits per heavy atom. The highest BCUT2D eigenvalue weighted by molar-refractivity contribution is 5.71. The summed E-state index contributed by atoms with van der Waals surface area (Å²) in [5, 5.41) is 0. The molecule has 0 aliphatic heterocycles. The molecule has 3 heteroatoms. The maximum Gasteiger partial charge on any atom is 0.358 e. The Kier molecular flexibility index (Phi) is 7.71. The van der Waals surface area contributed by atoms with E-state index in [0.29, 0.717) is 5.75 Å². The molecule has 1 rings (SSSR count). The quantitative estimate of drug-likeness (QED) is 0.374. The van der Waals surface area contributed by atoms with Crippen molar-refractivity contribution >= 4 is 5.97 Å². The van der Waals surface area contributed by atoms with E-state index in [9.17, 15) is 4.79 Å². The topological polar surface area (TPSA) is 35.5 Å². The van der Waals surface area contributed by atoms with Gasteiger partial charge in [-0.3, -0.25) is 9.78 Å². The van der Waals surface area contributed by atoms with Gasteiger partial charge in [0.05, 0.1) is 5.92 Å². The maximum absolute atomic E-state index is 11.9. The van der Waals surface area contributed by atoms with Crippen molar-refractivity contribution in [3.8, 4) is 5.75 Å². The van der Waals surface area contributed by atoms with Crippen molar-refractivity contribution in [1.82, 2.24) is 0 Å². The highest BCUT2D eigenvalue weighted by Gasteiger charge is 2.19. The van der Waals surface area contributed by atoms with Gasteiger partial charge in [-0.15, -0.1) is 0 Å². The van der Waals surface area contributed by atoms with Crippen LogP contribution in [0.2, 0.25) is 0 Å². The fraction of sp³-hybridized carbons (Fsp3) is 0.562. The van der Waals surface area contributed by atoms with Crippen LogP contribution in [-0.4, -0.2) is 5.97 Å². The van der Waals surface area contributed by atoms with Crippen molar-refractivity contribution in [2.45, 2.75) is 52.4 Å². The van der Waals surface area contributed by atoms with E-state index in [0.717, 1.165) is 19.3 Å². The number of rotatable bonds is 9. The van der Waals surface area contributed by atoms with E-state index in [1.165, 1.54) is 19.3 Å². The van der Waals surface area contributed by atoms with Gasteiger partial charge in [0.2, 0.25) is 0 Å². The summed E-state index contributed by atoms with van der Waals surface area (Å²) in [5.74, 6) is 0.236. The Balaban J connectivity index is 2.29. The van der Waals surface area contributed by atoms with Crippen LogP contribution in [0, 0.1) is 5.92 Å². The lowest BCUT2D eigenvalue weighted by molar-refractivity contribution is -0.219.